The molecule has 0 saturated carbocycles. The Bertz CT molecular complexity index is 529. The summed E-state index contributed by atoms with van der Waals surface area (Å²) in [4.78, 5) is 4.42. The molecule has 2 nitrogen and oxygen atoms in total. The molecule has 0 saturated heterocycles. The van der Waals surface area contributed by atoms with Crippen LogP contribution in [0.15, 0.2) is 40.9 Å². The minimum atomic E-state index is 0.717. The summed E-state index contributed by atoms with van der Waals surface area (Å²) in [6.07, 6.45) is 0. The predicted octanol–water partition coefficient (Wildman–Crippen LogP) is 4.42. The Morgan fingerprint density at radius 3 is 2.82 bits per heavy atom. The minimum Gasteiger partial charge on any atom is -0.366 e. The van der Waals surface area contributed by atoms with Crippen LogP contribution in [0.3, 0.4) is 0 Å². The van der Waals surface area contributed by atoms with E-state index in [0.717, 1.165) is 26.6 Å². The largest absolute Gasteiger partial charge is 0.366 e. The lowest BCUT2D eigenvalue weighted by Crippen LogP contribution is -2.02. The summed E-state index contributed by atoms with van der Waals surface area (Å²) in [6, 6.07) is 11.7. The van der Waals surface area contributed by atoms with Gasteiger partial charge in [0.15, 0.2) is 0 Å². The smallest absolute Gasteiger partial charge is 0.126 e. The van der Waals surface area contributed by atoms with Gasteiger partial charge in [-0.3, -0.25) is 0 Å². The van der Waals surface area contributed by atoms with E-state index in [1.54, 1.807) is 0 Å². The Kier molecular flexibility index (Phi) is 4.02. The normalized spacial score (nSPS) is 10.3. The number of halogens is 2. The molecule has 1 heterocycles. The molecule has 0 aliphatic heterocycles. The number of anilines is 1. The van der Waals surface area contributed by atoms with Crippen LogP contribution in [-0.4, -0.2) is 4.98 Å². The maximum atomic E-state index is 5.92. The summed E-state index contributed by atoms with van der Waals surface area (Å²) in [7, 11) is 0. The minimum absolute atomic E-state index is 0.717. The van der Waals surface area contributed by atoms with Crippen molar-refractivity contribution >= 4 is 33.3 Å². The highest BCUT2D eigenvalue weighted by atomic mass is 79.9. The fourth-order valence-corrected chi connectivity index (χ4v) is 1.92. The van der Waals surface area contributed by atoms with Crippen LogP contribution >= 0.6 is 27.5 Å². The van der Waals surface area contributed by atoms with Crippen molar-refractivity contribution in [3.63, 3.8) is 0 Å². The van der Waals surface area contributed by atoms with Crippen LogP contribution in [0.25, 0.3) is 0 Å². The highest BCUT2D eigenvalue weighted by Crippen LogP contribution is 2.17. The van der Waals surface area contributed by atoms with Gasteiger partial charge in [0.05, 0.1) is 5.69 Å². The second-order valence-corrected chi connectivity index (χ2v) is 5.04. The van der Waals surface area contributed by atoms with E-state index in [-0.39, 0.29) is 0 Å². The second kappa shape index (κ2) is 5.52. The number of aryl methyl sites for hydroxylation is 1. The number of hydrogen-bond donors (Lipinski definition) is 1. The molecule has 1 aromatic carbocycles. The Labute approximate surface area is 114 Å². The lowest BCUT2D eigenvalue weighted by atomic mass is 10.2. The monoisotopic (exact) mass is 310 g/mol. The molecule has 2 rings (SSSR count). The third kappa shape index (κ3) is 3.45. The van der Waals surface area contributed by atoms with Gasteiger partial charge in [0.2, 0.25) is 0 Å². The zero-order chi connectivity index (χ0) is 12.3. The Morgan fingerprint density at radius 1 is 1.29 bits per heavy atom. The molecule has 0 fully saturated rings. The Balaban J connectivity index is 2.05. The molecule has 2 aromatic rings. The van der Waals surface area contributed by atoms with Crippen LogP contribution in [-0.2, 0) is 6.54 Å². The first-order chi connectivity index (χ1) is 8.15. The molecule has 0 bridgehead atoms. The average Bonchev–Trinajstić information content (AvgIpc) is 2.31. The van der Waals surface area contributed by atoms with E-state index in [9.17, 15) is 0 Å². The van der Waals surface area contributed by atoms with Gasteiger partial charge in [0, 0.05) is 16.0 Å². The summed E-state index contributed by atoms with van der Waals surface area (Å²) in [5, 5.41) is 4.02. The molecule has 17 heavy (non-hydrogen) atoms. The summed E-state index contributed by atoms with van der Waals surface area (Å²) in [6.45, 7) is 2.68. The maximum Gasteiger partial charge on any atom is 0.126 e. The maximum absolute atomic E-state index is 5.92. The molecule has 0 unspecified atom stereocenters. The van der Waals surface area contributed by atoms with Crippen LogP contribution in [0.2, 0.25) is 5.02 Å². The summed E-state index contributed by atoms with van der Waals surface area (Å²) in [5.74, 6) is 0.866. The van der Waals surface area contributed by atoms with Crippen molar-refractivity contribution < 1.29 is 0 Å². The van der Waals surface area contributed by atoms with Gasteiger partial charge in [0.25, 0.3) is 0 Å². The number of nitrogens with one attached hydrogen (secondary N) is 1. The van der Waals surface area contributed by atoms with Crippen molar-refractivity contribution in [3.05, 3.63) is 57.2 Å². The molecule has 0 atom stereocenters. The number of rotatable bonds is 3. The van der Waals surface area contributed by atoms with Crippen molar-refractivity contribution in [2.24, 2.45) is 0 Å². The predicted molar refractivity (Wildman–Crippen MR) is 75.5 cm³/mol. The van der Waals surface area contributed by atoms with Gasteiger partial charge in [-0.15, -0.1) is 0 Å². The SMILES string of the molecule is Cc1nc(NCc2cccc(Cl)c2)ccc1Br. The molecule has 0 amide bonds. The number of hydrogen-bond acceptors (Lipinski definition) is 2. The van der Waals surface area contributed by atoms with Gasteiger partial charge in [-0.2, -0.15) is 0 Å². The number of benzene rings is 1. The first kappa shape index (κ1) is 12.4. The highest BCUT2D eigenvalue weighted by molar-refractivity contribution is 9.10. The topological polar surface area (TPSA) is 24.9 Å². The third-order valence-corrected chi connectivity index (χ3v) is 3.46. The van der Waals surface area contributed by atoms with Gasteiger partial charge in [-0.1, -0.05) is 23.7 Å². The van der Waals surface area contributed by atoms with Gasteiger partial charge in [-0.05, 0) is 52.7 Å². The lowest BCUT2D eigenvalue weighted by Gasteiger charge is -2.07. The summed E-state index contributed by atoms with van der Waals surface area (Å²) < 4.78 is 1.02. The Hall–Kier alpha value is -1.06. The number of nitrogens with zero attached hydrogens (tertiary/aromatic N) is 1. The van der Waals surface area contributed by atoms with E-state index >= 15 is 0 Å². The molecule has 0 aliphatic carbocycles. The standard InChI is InChI=1S/C13H12BrClN2/c1-9-12(14)5-6-13(17-9)16-8-10-3-2-4-11(15)7-10/h2-7H,8H2,1H3,(H,16,17). The van der Waals surface area contributed by atoms with Crippen LogP contribution in [0, 0.1) is 6.92 Å². The second-order valence-electron chi connectivity index (χ2n) is 3.75. The zero-order valence-corrected chi connectivity index (χ0v) is 11.7. The van der Waals surface area contributed by atoms with Crippen molar-refractivity contribution in [2.75, 3.05) is 5.32 Å². The number of pyridine rings is 1. The molecule has 1 N–H and O–H groups in total. The Morgan fingerprint density at radius 2 is 2.12 bits per heavy atom. The number of aromatic nitrogens is 1. The quantitative estimate of drug-likeness (QED) is 0.907. The molecule has 0 spiro atoms. The van der Waals surface area contributed by atoms with Crippen LogP contribution in [0.1, 0.15) is 11.3 Å². The van der Waals surface area contributed by atoms with Gasteiger partial charge in [0.1, 0.15) is 5.82 Å². The summed E-state index contributed by atoms with van der Waals surface area (Å²) >= 11 is 9.35. The van der Waals surface area contributed by atoms with E-state index < -0.39 is 0 Å². The lowest BCUT2D eigenvalue weighted by molar-refractivity contribution is 1.08. The fraction of sp³-hybridized carbons (Fsp3) is 0.154. The van der Waals surface area contributed by atoms with E-state index in [0.29, 0.717) is 6.54 Å². The van der Waals surface area contributed by atoms with E-state index in [4.69, 9.17) is 11.6 Å². The van der Waals surface area contributed by atoms with Crippen molar-refractivity contribution in [1.29, 1.82) is 0 Å². The average molecular weight is 312 g/mol. The first-order valence-corrected chi connectivity index (χ1v) is 6.44. The van der Waals surface area contributed by atoms with Crippen LogP contribution < -0.4 is 5.32 Å². The van der Waals surface area contributed by atoms with E-state index in [1.165, 1.54) is 0 Å². The molecule has 88 valence electrons. The third-order valence-electron chi connectivity index (χ3n) is 2.38. The highest BCUT2D eigenvalue weighted by Gasteiger charge is 1.99. The molecular formula is C13H12BrClN2. The summed E-state index contributed by atoms with van der Waals surface area (Å²) in [5.41, 5.74) is 2.11. The molecule has 0 radical (unpaired) electrons. The van der Waals surface area contributed by atoms with Crippen molar-refractivity contribution in [1.82, 2.24) is 4.98 Å². The molecule has 1 aromatic heterocycles. The van der Waals surface area contributed by atoms with Crippen LogP contribution in [0.4, 0.5) is 5.82 Å². The van der Waals surface area contributed by atoms with Crippen molar-refractivity contribution in [2.45, 2.75) is 13.5 Å². The van der Waals surface area contributed by atoms with Gasteiger partial charge >= 0.3 is 0 Å². The van der Waals surface area contributed by atoms with Crippen molar-refractivity contribution in [3.8, 4) is 0 Å². The molecule has 0 aliphatic rings. The molecule has 4 heteroatoms. The van der Waals surface area contributed by atoms with Crippen LogP contribution in [0.5, 0.6) is 0 Å². The molecular weight excluding hydrogens is 300 g/mol. The van der Waals surface area contributed by atoms with E-state index in [2.05, 4.69) is 26.2 Å². The first-order valence-electron chi connectivity index (χ1n) is 5.26. The zero-order valence-electron chi connectivity index (χ0n) is 9.37. The van der Waals surface area contributed by atoms with E-state index in [1.807, 2.05) is 43.3 Å². The fourth-order valence-electron chi connectivity index (χ4n) is 1.48. The van der Waals surface area contributed by atoms with Gasteiger partial charge < -0.3 is 5.32 Å². The van der Waals surface area contributed by atoms with Gasteiger partial charge in [-0.25, -0.2) is 4.98 Å².